The Kier molecular flexibility index (Phi) is 81.7. The average Bonchev–Trinajstić information content (AvgIpc) is 2.56. The van der Waals surface area contributed by atoms with E-state index in [2.05, 4.69) is 45.2 Å². The van der Waals surface area contributed by atoms with Gasteiger partial charge in [-0.2, -0.15) is 0 Å². The van der Waals surface area contributed by atoms with Crippen LogP contribution >= 0.6 is 0 Å². The van der Waals surface area contributed by atoms with Crippen LogP contribution in [0.3, 0.4) is 0 Å². The Labute approximate surface area is 129 Å². The lowest BCUT2D eigenvalue weighted by molar-refractivity contribution is -0.109. The smallest absolute Gasteiger partial charge is 0.206 e. The Balaban J connectivity index is -0.0000000535. The van der Waals surface area contributed by atoms with E-state index in [1.165, 1.54) is 18.4 Å². The lowest BCUT2D eigenvalue weighted by Gasteiger charge is -1.87. The first-order chi connectivity index (χ1) is 9.64. The van der Waals surface area contributed by atoms with Crippen LogP contribution in [-0.4, -0.2) is 13.5 Å². The molecule has 0 fully saturated rings. The second kappa shape index (κ2) is 52.1. The van der Waals surface area contributed by atoms with Gasteiger partial charge in [-0.1, -0.05) is 85.1 Å². The molecule has 0 spiro atoms. The number of hydrogen-bond acceptors (Lipinski definition) is 1. The third kappa shape index (κ3) is 89.3. The summed E-state index contributed by atoms with van der Waals surface area (Å²) in [5.74, 6) is 0. The molecule has 0 aliphatic heterocycles. The van der Waals surface area contributed by atoms with Gasteiger partial charge in [-0.3, -0.25) is 4.79 Å². The van der Waals surface area contributed by atoms with Crippen LogP contribution in [0.4, 0.5) is 0 Å². The largest absolute Gasteiger partial charge is 0.362 e. The molecular weight excluding hydrogens is 246 g/mol. The number of carbonyl (C=O) groups excluding carboxylic acids is 1. The number of carbonyl (C=O) groups is 1. The maximum atomic E-state index is 9.06. The Hall–Kier alpha value is -1.05. The van der Waals surface area contributed by atoms with E-state index in [1.807, 2.05) is 40.7 Å². The summed E-state index contributed by atoms with van der Waals surface area (Å²) in [5, 5.41) is 2.25. The van der Waals surface area contributed by atoms with Gasteiger partial charge in [-0.05, 0) is 20.3 Å². The van der Waals surface area contributed by atoms with Crippen LogP contribution in [0, 0.1) is 0 Å². The molecule has 1 N–H and O–H groups in total. The highest BCUT2D eigenvalue weighted by Crippen LogP contribution is 1.96. The van der Waals surface area contributed by atoms with Crippen molar-refractivity contribution in [3.8, 4) is 0 Å². The molecule has 0 aliphatic rings. The first-order valence-electron chi connectivity index (χ1n) is 8.03. The maximum absolute atomic E-state index is 9.06. The molecule has 0 rings (SSSR count). The summed E-state index contributed by atoms with van der Waals surface area (Å²) in [5.41, 5.74) is 1.43. The summed E-state index contributed by atoms with van der Waals surface area (Å²) >= 11 is 0. The predicted octanol–water partition coefficient (Wildman–Crippen LogP) is 6.14. The van der Waals surface area contributed by atoms with Gasteiger partial charge >= 0.3 is 0 Å². The van der Waals surface area contributed by atoms with Crippen molar-refractivity contribution >= 4 is 6.41 Å². The number of allylic oxidation sites excluding steroid dienone is 4. The van der Waals surface area contributed by atoms with Crippen LogP contribution < -0.4 is 5.32 Å². The second-order valence-corrected chi connectivity index (χ2v) is 3.30. The number of hydrogen-bond donors (Lipinski definition) is 1. The Bertz CT molecular complexity index is 170. The minimum Gasteiger partial charge on any atom is -0.362 e. The van der Waals surface area contributed by atoms with Gasteiger partial charge in [-0.25, -0.2) is 0 Å². The fraction of sp³-hybridized carbons (Fsp3) is 0.722. The van der Waals surface area contributed by atoms with Crippen molar-refractivity contribution in [3.63, 3.8) is 0 Å². The molecule has 2 heteroatoms. The minimum atomic E-state index is 0.625. The van der Waals surface area contributed by atoms with E-state index >= 15 is 0 Å². The lowest BCUT2D eigenvalue weighted by Crippen LogP contribution is -1.98. The highest BCUT2D eigenvalue weighted by Gasteiger charge is 1.75. The van der Waals surface area contributed by atoms with E-state index in [0.717, 1.165) is 6.42 Å². The zero-order valence-electron chi connectivity index (χ0n) is 15.8. The molecule has 0 atom stereocenters. The van der Waals surface area contributed by atoms with Crippen LogP contribution in [0.1, 0.15) is 81.6 Å². The van der Waals surface area contributed by atoms with Gasteiger partial charge in [0, 0.05) is 7.05 Å². The molecule has 0 aliphatic carbocycles. The number of rotatable bonds is 4. The quantitative estimate of drug-likeness (QED) is 0.488. The van der Waals surface area contributed by atoms with Crippen molar-refractivity contribution in [1.82, 2.24) is 5.32 Å². The minimum absolute atomic E-state index is 0.625. The van der Waals surface area contributed by atoms with Crippen LogP contribution in [0.15, 0.2) is 23.8 Å². The third-order valence-electron chi connectivity index (χ3n) is 1.75. The van der Waals surface area contributed by atoms with Crippen molar-refractivity contribution in [2.75, 3.05) is 7.05 Å². The number of amides is 1. The first kappa shape index (κ1) is 31.4. The molecule has 0 saturated carbocycles. The van der Waals surface area contributed by atoms with E-state index in [-0.39, 0.29) is 0 Å². The van der Waals surface area contributed by atoms with Gasteiger partial charge in [0.15, 0.2) is 0 Å². The van der Waals surface area contributed by atoms with E-state index in [4.69, 9.17) is 4.79 Å². The van der Waals surface area contributed by atoms with E-state index in [0.29, 0.717) is 6.41 Å². The normalized spacial score (nSPS) is 8.40. The van der Waals surface area contributed by atoms with Crippen molar-refractivity contribution < 1.29 is 4.79 Å². The summed E-state index contributed by atoms with van der Waals surface area (Å²) in [7, 11) is 1.56. The van der Waals surface area contributed by atoms with Crippen molar-refractivity contribution in [1.29, 1.82) is 0 Å². The Morgan fingerprint density at radius 3 is 1.50 bits per heavy atom. The first-order valence-corrected chi connectivity index (χ1v) is 8.03. The van der Waals surface area contributed by atoms with Gasteiger partial charge in [0.1, 0.15) is 0 Å². The zero-order chi connectivity index (χ0) is 17.2. The Morgan fingerprint density at radius 1 is 1.00 bits per heavy atom. The van der Waals surface area contributed by atoms with Gasteiger partial charge in [0.05, 0.1) is 0 Å². The zero-order valence-corrected chi connectivity index (χ0v) is 15.8. The molecule has 2 nitrogen and oxygen atoms in total. The highest BCUT2D eigenvalue weighted by molar-refractivity contribution is 5.44. The fourth-order valence-corrected chi connectivity index (χ4v) is 0.378. The van der Waals surface area contributed by atoms with Gasteiger partial charge in [0.2, 0.25) is 6.41 Å². The van der Waals surface area contributed by atoms with Crippen molar-refractivity contribution in [2.45, 2.75) is 81.6 Å². The summed E-state index contributed by atoms with van der Waals surface area (Å²) in [6, 6.07) is 0. The van der Waals surface area contributed by atoms with Crippen LogP contribution in [0.5, 0.6) is 0 Å². The van der Waals surface area contributed by atoms with Gasteiger partial charge in [-0.15, -0.1) is 0 Å². The van der Waals surface area contributed by atoms with E-state index < -0.39 is 0 Å². The lowest BCUT2D eigenvalue weighted by atomic mass is 10.2. The monoisotopic (exact) mass is 287 g/mol. The number of nitrogens with one attached hydrogen (secondary N) is 1. The van der Waals surface area contributed by atoms with Crippen molar-refractivity contribution in [3.05, 3.63) is 23.8 Å². The Morgan fingerprint density at radius 2 is 1.35 bits per heavy atom. The average molecular weight is 288 g/mol. The molecule has 0 aromatic heterocycles. The molecule has 0 saturated heterocycles. The molecule has 0 aromatic rings. The van der Waals surface area contributed by atoms with Crippen LogP contribution in [0.2, 0.25) is 0 Å². The van der Waals surface area contributed by atoms with Crippen molar-refractivity contribution in [2.24, 2.45) is 0 Å². The topological polar surface area (TPSA) is 29.1 Å². The molecule has 1 amide bonds. The summed E-state index contributed by atoms with van der Waals surface area (Å²) in [6.07, 6.45) is 10.7. The fourth-order valence-electron chi connectivity index (χ4n) is 0.378. The van der Waals surface area contributed by atoms with Gasteiger partial charge < -0.3 is 5.32 Å². The summed E-state index contributed by atoms with van der Waals surface area (Å²) < 4.78 is 0. The standard InChI is InChI=1S/C8H14.C4H10.C2H5NO.2C2H6/c1-4-6-7-8(3)5-2;1-3-4-2;1-3-2-4;2*1-2/h4,6-7H,5H2,1-3H3;3-4H2,1-2H3;2H,1H3,(H,3,4);2*1-2H3/b6-4-,8-7+;;;;. The third-order valence-corrected chi connectivity index (χ3v) is 1.75. The molecule has 20 heavy (non-hydrogen) atoms. The van der Waals surface area contributed by atoms with Gasteiger partial charge in [0.25, 0.3) is 0 Å². The van der Waals surface area contributed by atoms with E-state index in [1.54, 1.807) is 7.05 Å². The molecule has 0 radical (unpaired) electrons. The van der Waals surface area contributed by atoms with Crippen LogP contribution in [0.25, 0.3) is 0 Å². The SMILES string of the molecule is C/C=C\C=C(/C)CC.CC.CC.CCCC.CNC=O. The van der Waals surface area contributed by atoms with E-state index in [9.17, 15) is 0 Å². The summed E-state index contributed by atoms with van der Waals surface area (Å²) in [4.78, 5) is 9.06. The van der Waals surface area contributed by atoms with Crippen LogP contribution in [-0.2, 0) is 4.79 Å². The molecule has 0 heterocycles. The molecule has 0 aromatic carbocycles. The molecule has 124 valence electrons. The summed E-state index contributed by atoms with van der Waals surface area (Å²) in [6.45, 7) is 18.7. The second-order valence-electron chi connectivity index (χ2n) is 3.30. The molecular formula is C18H41NO. The molecule has 0 unspecified atom stereocenters. The maximum Gasteiger partial charge on any atom is 0.206 e. The molecule has 0 bridgehead atoms. The highest BCUT2D eigenvalue weighted by atomic mass is 16.1. The predicted molar refractivity (Wildman–Crippen MR) is 97.3 cm³/mol. The number of unbranched alkanes of at least 4 members (excludes halogenated alkanes) is 1.